The standard InChI is InChI=1S/C24H20FN3O6S/c1-32-21-12-11-18(14-22(21)33-2)35(30,31)28-27-24-19(13-15-5-3-4-6-20(15)34-24)23(29)26-17-9-7-16(25)8-10-17/h3-14,28H,1-2H3,(H,26,29). The predicted octanol–water partition coefficient (Wildman–Crippen LogP) is 3.64. The summed E-state index contributed by atoms with van der Waals surface area (Å²) in [5.41, 5.74) is 0.409. The molecule has 180 valence electrons. The molecule has 1 heterocycles. The van der Waals surface area contributed by atoms with Crippen LogP contribution < -0.4 is 25.2 Å². The van der Waals surface area contributed by atoms with Gasteiger partial charge in [-0.2, -0.15) is 13.2 Å². The molecule has 0 radical (unpaired) electrons. The van der Waals surface area contributed by atoms with Crippen LogP contribution in [0.3, 0.4) is 0 Å². The summed E-state index contributed by atoms with van der Waals surface area (Å²) in [5, 5.41) is 7.09. The number of nitrogens with zero attached hydrogens (tertiary/aromatic N) is 1. The van der Waals surface area contributed by atoms with E-state index >= 15 is 0 Å². The zero-order valence-corrected chi connectivity index (χ0v) is 19.4. The maximum Gasteiger partial charge on any atom is 0.276 e. The molecule has 0 aliphatic carbocycles. The zero-order chi connectivity index (χ0) is 25.0. The van der Waals surface area contributed by atoms with Crippen molar-refractivity contribution >= 4 is 32.6 Å². The molecule has 1 amide bonds. The van der Waals surface area contributed by atoms with Crippen LogP contribution in [0.1, 0.15) is 10.4 Å². The SMILES string of the molecule is COc1ccc(S(=O)(=O)NN=c2oc3ccccc3cc2C(=O)Nc2ccc(F)cc2)cc1OC. The number of carbonyl (C=O) groups excluding carboxylic acids is 1. The number of benzene rings is 3. The minimum Gasteiger partial charge on any atom is -0.493 e. The molecule has 0 atom stereocenters. The molecule has 0 fully saturated rings. The van der Waals surface area contributed by atoms with Crippen molar-refractivity contribution in [2.45, 2.75) is 4.90 Å². The van der Waals surface area contributed by atoms with Crippen molar-refractivity contribution in [3.63, 3.8) is 0 Å². The lowest BCUT2D eigenvalue weighted by molar-refractivity contribution is 0.102. The highest BCUT2D eigenvalue weighted by Crippen LogP contribution is 2.29. The van der Waals surface area contributed by atoms with E-state index in [2.05, 4.69) is 15.2 Å². The number of hydrogen-bond donors (Lipinski definition) is 2. The summed E-state index contributed by atoms with van der Waals surface area (Å²) in [7, 11) is -1.35. The summed E-state index contributed by atoms with van der Waals surface area (Å²) >= 11 is 0. The third kappa shape index (κ3) is 5.25. The number of sulfonamides is 1. The van der Waals surface area contributed by atoms with Crippen molar-refractivity contribution in [3.8, 4) is 11.5 Å². The highest BCUT2D eigenvalue weighted by atomic mass is 32.2. The highest BCUT2D eigenvalue weighted by molar-refractivity contribution is 7.89. The average Bonchev–Trinajstić information content (AvgIpc) is 2.87. The first-order valence-electron chi connectivity index (χ1n) is 10.2. The molecule has 3 aromatic carbocycles. The summed E-state index contributed by atoms with van der Waals surface area (Å²) in [6.45, 7) is 0. The van der Waals surface area contributed by atoms with Crippen LogP contribution in [-0.2, 0) is 10.0 Å². The Morgan fingerprint density at radius 2 is 1.66 bits per heavy atom. The van der Waals surface area contributed by atoms with Crippen molar-refractivity contribution in [1.29, 1.82) is 0 Å². The monoisotopic (exact) mass is 497 g/mol. The third-order valence-corrected chi connectivity index (χ3v) is 6.14. The van der Waals surface area contributed by atoms with Gasteiger partial charge in [-0.1, -0.05) is 18.2 Å². The van der Waals surface area contributed by atoms with Gasteiger partial charge in [0.2, 0.25) is 5.55 Å². The van der Waals surface area contributed by atoms with Crippen LogP contribution in [0.2, 0.25) is 0 Å². The number of hydrogen-bond acceptors (Lipinski definition) is 7. The molecule has 0 spiro atoms. The van der Waals surface area contributed by atoms with Gasteiger partial charge < -0.3 is 19.2 Å². The molecule has 4 aromatic rings. The molecule has 9 nitrogen and oxygen atoms in total. The average molecular weight is 498 g/mol. The summed E-state index contributed by atoms with van der Waals surface area (Å²) in [4.78, 5) is 14.9. The molecule has 0 aliphatic rings. The van der Waals surface area contributed by atoms with E-state index < -0.39 is 21.7 Å². The molecular formula is C24H20FN3O6S. The number of amides is 1. The Morgan fingerprint density at radius 1 is 0.943 bits per heavy atom. The van der Waals surface area contributed by atoms with Gasteiger partial charge in [-0.05, 0) is 48.5 Å². The molecule has 11 heteroatoms. The fraction of sp³-hybridized carbons (Fsp3) is 0.0833. The predicted molar refractivity (Wildman–Crippen MR) is 126 cm³/mol. The molecule has 1 aromatic heterocycles. The van der Waals surface area contributed by atoms with Gasteiger partial charge in [0.1, 0.15) is 17.0 Å². The number of para-hydroxylation sites is 1. The largest absolute Gasteiger partial charge is 0.493 e. The van der Waals surface area contributed by atoms with Crippen LogP contribution in [0.4, 0.5) is 10.1 Å². The van der Waals surface area contributed by atoms with E-state index in [9.17, 15) is 17.6 Å². The van der Waals surface area contributed by atoms with Gasteiger partial charge in [-0.25, -0.2) is 4.39 Å². The lowest BCUT2D eigenvalue weighted by atomic mass is 10.1. The second kappa shape index (κ2) is 9.85. The van der Waals surface area contributed by atoms with Gasteiger partial charge in [0.15, 0.2) is 11.5 Å². The zero-order valence-electron chi connectivity index (χ0n) is 18.6. The number of nitrogens with one attached hydrogen (secondary N) is 2. The van der Waals surface area contributed by atoms with Crippen LogP contribution in [0.5, 0.6) is 11.5 Å². The van der Waals surface area contributed by atoms with Gasteiger partial charge >= 0.3 is 0 Å². The molecule has 0 unspecified atom stereocenters. The lowest BCUT2D eigenvalue weighted by Crippen LogP contribution is -2.27. The molecule has 35 heavy (non-hydrogen) atoms. The second-order valence-electron chi connectivity index (χ2n) is 7.19. The number of methoxy groups -OCH3 is 2. The second-order valence-corrected chi connectivity index (χ2v) is 8.85. The maximum absolute atomic E-state index is 13.2. The van der Waals surface area contributed by atoms with E-state index in [1.807, 2.05) is 0 Å². The van der Waals surface area contributed by atoms with E-state index in [4.69, 9.17) is 13.9 Å². The molecule has 4 rings (SSSR count). The first kappa shape index (κ1) is 23.8. The number of halogens is 1. The summed E-state index contributed by atoms with van der Waals surface area (Å²) in [6.07, 6.45) is 0. The smallest absolute Gasteiger partial charge is 0.276 e. The summed E-state index contributed by atoms with van der Waals surface area (Å²) in [6, 6.07) is 17.6. The van der Waals surface area contributed by atoms with E-state index in [1.54, 1.807) is 24.3 Å². The lowest BCUT2D eigenvalue weighted by Gasteiger charge is -2.10. The van der Waals surface area contributed by atoms with Crippen molar-refractivity contribution in [2.75, 3.05) is 19.5 Å². The molecule has 0 bridgehead atoms. The van der Waals surface area contributed by atoms with E-state index in [0.29, 0.717) is 22.4 Å². The molecular weight excluding hydrogens is 477 g/mol. The number of rotatable bonds is 7. The molecule has 0 saturated carbocycles. The fourth-order valence-corrected chi connectivity index (χ4v) is 4.00. The Hall–Kier alpha value is -4.38. The van der Waals surface area contributed by atoms with E-state index in [1.165, 1.54) is 62.8 Å². The van der Waals surface area contributed by atoms with Crippen LogP contribution in [0, 0.1) is 5.82 Å². The van der Waals surface area contributed by atoms with Crippen molar-refractivity contribution in [2.24, 2.45) is 5.10 Å². The summed E-state index contributed by atoms with van der Waals surface area (Å²) in [5.74, 6) is -0.517. The number of fused-ring (bicyclic) bond motifs is 1. The van der Waals surface area contributed by atoms with Crippen molar-refractivity contribution < 1.29 is 31.5 Å². The quantitative estimate of drug-likeness (QED) is 0.377. The first-order valence-corrected chi connectivity index (χ1v) is 11.7. The van der Waals surface area contributed by atoms with Crippen molar-refractivity contribution in [3.05, 3.63) is 89.7 Å². The first-order chi connectivity index (χ1) is 16.8. The van der Waals surface area contributed by atoms with Gasteiger partial charge in [-0.3, -0.25) is 4.79 Å². The fourth-order valence-electron chi connectivity index (χ4n) is 3.18. The molecule has 0 aliphatic heterocycles. The minimum atomic E-state index is -4.16. The van der Waals surface area contributed by atoms with Gasteiger partial charge in [0.25, 0.3) is 15.9 Å². The Kier molecular flexibility index (Phi) is 6.69. The van der Waals surface area contributed by atoms with E-state index in [0.717, 1.165) is 0 Å². The molecule has 2 N–H and O–H groups in total. The topological polar surface area (TPSA) is 119 Å². The Morgan fingerprint density at radius 3 is 2.37 bits per heavy atom. The Balaban J connectivity index is 1.73. The number of carbonyl (C=O) groups is 1. The van der Waals surface area contributed by atoms with Crippen LogP contribution in [0.15, 0.2) is 87.2 Å². The molecule has 0 saturated heterocycles. The third-order valence-electron chi connectivity index (χ3n) is 4.94. The van der Waals surface area contributed by atoms with Gasteiger partial charge in [0, 0.05) is 17.1 Å². The van der Waals surface area contributed by atoms with E-state index in [-0.39, 0.29) is 21.8 Å². The van der Waals surface area contributed by atoms with Crippen LogP contribution in [-0.4, -0.2) is 28.5 Å². The highest BCUT2D eigenvalue weighted by Gasteiger charge is 2.18. The Bertz CT molecular complexity index is 1570. The maximum atomic E-state index is 13.2. The minimum absolute atomic E-state index is 0.0389. The van der Waals surface area contributed by atoms with Crippen LogP contribution in [0.25, 0.3) is 11.0 Å². The summed E-state index contributed by atoms with van der Waals surface area (Å²) < 4.78 is 54.9. The Labute approximate surface area is 199 Å². The van der Waals surface area contributed by atoms with Crippen LogP contribution >= 0.6 is 0 Å². The number of anilines is 1. The number of ether oxygens (including phenoxy) is 2. The van der Waals surface area contributed by atoms with Gasteiger partial charge in [0.05, 0.1) is 19.1 Å². The van der Waals surface area contributed by atoms with Gasteiger partial charge in [-0.15, -0.1) is 5.10 Å². The normalized spacial score (nSPS) is 11.8. The van der Waals surface area contributed by atoms with Crippen molar-refractivity contribution in [1.82, 2.24) is 4.83 Å².